The van der Waals surface area contributed by atoms with Crippen LogP contribution in [0, 0.1) is 25.1 Å². The van der Waals surface area contributed by atoms with Gasteiger partial charge in [0.2, 0.25) is 5.88 Å². The van der Waals surface area contributed by atoms with Crippen molar-refractivity contribution in [3.8, 4) is 35.1 Å². The predicted octanol–water partition coefficient (Wildman–Crippen LogP) is 4.62. The van der Waals surface area contributed by atoms with E-state index >= 15 is 0 Å². The molecule has 2 aliphatic rings. The van der Waals surface area contributed by atoms with Crippen LogP contribution in [0.5, 0.6) is 11.6 Å². The van der Waals surface area contributed by atoms with Crippen LogP contribution in [-0.4, -0.2) is 14.6 Å². The average molecular weight is 343 g/mol. The third-order valence-electron chi connectivity index (χ3n) is 3.88. The molecule has 126 valence electrons. The number of aromatic nitrogens is 3. The molecule has 0 atom stereocenters. The second kappa shape index (κ2) is 6.34. The van der Waals surface area contributed by atoms with Crippen molar-refractivity contribution in [3.63, 3.8) is 0 Å². The molecule has 5 heteroatoms. The van der Waals surface area contributed by atoms with E-state index in [9.17, 15) is 4.39 Å². The zero-order chi connectivity index (χ0) is 18.1. The summed E-state index contributed by atoms with van der Waals surface area (Å²) in [6, 6.07) is 16.0. The van der Waals surface area contributed by atoms with Gasteiger partial charge in [0.1, 0.15) is 17.3 Å². The van der Waals surface area contributed by atoms with E-state index in [1.165, 1.54) is 35.4 Å². The van der Waals surface area contributed by atoms with Gasteiger partial charge in [-0.05, 0) is 59.9 Å². The molecule has 0 saturated carbocycles. The fourth-order valence-electron chi connectivity index (χ4n) is 2.52. The molecule has 2 aliphatic carbocycles. The summed E-state index contributed by atoms with van der Waals surface area (Å²) < 4.78 is 20.0. The zero-order valence-corrected chi connectivity index (χ0v) is 14.0. The lowest BCUT2D eigenvalue weighted by atomic mass is 10.3. The van der Waals surface area contributed by atoms with Crippen molar-refractivity contribution in [2.45, 2.75) is 6.92 Å². The molecule has 0 amide bonds. The van der Waals surface area contributed by atoms with Gasteiger partial charge in [-0.15, -0.1) is 11.5 Å². The molecule has 0 spiro atoms. The number of benzene rings is 2. The maximum Gasteiger partial charge on any atom is 0.237 e. The monoisotopic (exact) mass is 343 g/mol. The Morgan fingerprint density at radius 3 is 2.38 bits per heavy atom. The minimum absolute atomic E-state index is 0.315. The number of hydrogen-bond donors (Lipinski definition) is 0. The molecule has 2 heterocycles. The van der Waals surface area contributed by atoms with Gasteiger partial charge in [0.25, 0.3) is 0 Å². The molecule has 0 fully saturated rings. The molecule has 4 nitrogen and oxygen atoms in total. The van der Waals surface area contributed by atoms with Crippen molar-refractivity contribution in [1.82, 2.24) is 14.6 Å². The Morgan fingerprint density at radius 1 is 1.08 bits per heavy atom. The highest BCUT2D eigenvalue weighted by Gasteiger charge is 2.08. The molecule has 0 N–H and O–H groups in total. The Kier molecular flexibility index (Phi) is 3.86. The van der Waals surface area contributed by atoms with Crippen LogP contribution in [0.2, 0.25) is 0 Å². The lowest BCUT2D eigenvalue weighted by Crippen LogP contribution is -1.97. The van der Waals surface area contributed by atoms with Gasteiger partial charge in [0.15, 0.2) is 5.65 Å². The first-order valence-corrected chi connectivity index (χ1v) is 8.00. The number of halogens is 1. The summed E-state index contributed by atoms with van der Waals surface area (Å²) in [5.41, 5.74) is 4.94. The number of nitrogens with zero attached hydrogens (tertiary/aromatic N) is 3. The van der Waals surface area contributed by atoms with Crippen LogP contribution in [0.25, 0.3) is 16.8 Å². The second-order valence-corrected chi connectivity index (χ2v) is 5.84. The van der Waals surface area contributed by atoms with Crippen LogP contribution in [0.4, 0.5) is 4.39 Å². The number of imidazole rings is 1. The third kappa shape index (κ3) is 3.26. The van der Waals surface area contributed by atoms with Crippen LogP contribution >= 0.6 is 0 Å². The Balaban J connectivity index is 0.000000233. The van der Waals surface area contributed by atoms with Gasteiger partial charge >= 0.3 is 0 Å². The van der Waals surface area contributed by atoms with Crippen molar-refractivity contribution < 1.29 is 9.13 Å². The molecule has 0 bridgehead atoms. The van der Waals surface area contributed by atoms with E-state index in [-0.39, 0.29) is 5.82 Å². The molecule has 3 aromatic rings. The van der Waals surface area contributed by atoms with Crippen LogP contribution in [0.3, 0.4) is 0 Å². The average Bonchev–Trinajstić information content (AvgIpc) is 3.05. The summed E-state index contributed by atoms with van der Waals surface area (Å²) in [5.74, 6) is 3.05. The van der Waals surface area contributed by atoms with E-state index in [2.05, 4.69) is 40.3 Å². The van der Waals surface area contributed by atoms with Crippen molar-refractivity contribution >= 4 is 5.65 Å². The molecule has 26 heavy (non-hydrogen) atoms. The summed E-state index contributed by atoms with van der Waals surface area (Å²) in [7, 11) is 0. The standard InChI is InChI=1S/C15H10FN3O.C6H4/c1-3-12-9-19-15(17-12)10(2)8-14(18-19)20-13-6-4-11(16)5-7-13;1-2-5-4-6(5)3-1/h1,4-9H,2H3;1-4H. The van der Waals surface area contributed by atoms with Crippen LogP contribution in [0.15, 0.2) is 60.8 Å². The Labute approximate surface area is 149 Å². The highest BCUT2D eigenvalue weighted by Crippen LogP contribution is 2.32. The summed E-state index contributed by atoms with van der Waals surface area (Å²) in [6.45, 7) is 1.89. The van der Waals surface area contributed by atoms with Gasteiger partial charge in [-0.25, -0.2) is 13.9 Å². The van der Waals surface area contributed by atoms with Gasteiger partial charge in [-0.2, -0.15) is 0 Å². The Bertz CT molecular complexity index is 1120. The molecule has 0 saturated heterocycles. The van der Waals surface area contributed by atoms with Gasteiger partial charge in [0.05, 0.1) is 6.20 Å². The maximum absolute atomic E-state index is 12.8. The number of hydrogen-bond acceptors (Lipinski definition) is 3. The fraction of sp³-hybridized carbons (Fsp3) is 0.0476. The van der Waals surface area contributed by atoms with E-state index in [0.29, 0.717) is 23.0 Å². The summed E-state index contributed by atoms with van der Waals surface area (Å²) in [5, 5.41) is 4.27. The first-order chi connectivity index (χ1) is 12.6. The van der Waals surface area contributed by atoms with Crippen molar-refractivity contribution in [1.29, 1.82) is 0 Å². The zero-order valence-electron chi connectivity index (χ0n) is 14.0. The number of terminal acetylenes is 1. The van der Waals surface area contributed by atoms with Crippen molar-refractivity contribution in [2.24, 2.45) is 0 Å². The molecular weight excluding hydrogens is 329 g/mol. The molecule has 5 rings (SSSR count). The fourth-order valence-corrected chi connectivity index (χ4v) is 2.52. The van der Waals surface area contributed by atoms with Crippen LogP contribution < -0.4 is 4.74 Å². The second-order valence-electron chi connectivity index (χ2n) is 5.84. The van der Waals surface area contributed by atoms with Crippen LogP contribution in [-0.2, 0) is 0 Å². The first kappa shape index (κ1) is 15.9. The molecule has 0 unspecified atom stereocenters. The predicted molar refractivity (Wildman–Crippen MR) is 97.6 cm³/mol. The molecule has 0 radical (unpaired) electrons. The molecule has 2 aromatic heterocycles. The molecule has 0 aliphatic heterocycles. The SMILES string of the molecule is C#Cc1cn2nc(Oc3ccc(F)cc3)cc(C)c2n1.c1cc2cc-2c1. The van der Waals surface area contributed by atoms with E-state index in [1.54, 1.807) is 16.8 Å². The number of fused-ring (bicyclic) bond motifs is 2. The quantitative estimate of drug-likeness (QED) is 0.439. The van der Waals surface area contributed by atoms with Crippen molar-refractivity contribution in [2.75, 3.05) is 0 Å². The lowest BCUT2D eigenvalue weighted by molar-refractivity contribution is 0.450. The largest absolute Gasteiger partial charge is 0.438 e. The van der Waals surface area contributed by atoms with E-state index in [1.807, 2.05) is 6.92 Å². The Morgan fingerprint density at radius 2 is 1.81 bits per heavy atom. The molecular formula is C21H14FN3O. The lowest BCUT2D eigenvalue weighted by Gasteiger charge is -2.06. The summed E-state index contributed by atoms with van der Waals surface area (Å²) >= 11 is 0. The van der Waals surface area contributed by atoms with Crippen LogP contribution in [0.1, 0.15) is 11.3 Å². The topological polar surface area (TPSA) is 39.4 Å². The molecule has 1 aromatic carbocycles. The highest BCUT2D eigenvalue weighted by molar-refractivity contribution is 5.80. The van der Waals surface area contributed by atoms with Gasteiger partial charge in [-0.1, -0.05) is 18.2 Å². The minimum Gasteiger partial charge on any atom is -0.438 e. The van der Waals surface area contributed by atoms with Crippen molar-refractivity contribution in [3.05, 3.63) is 77.9 Å². The minimum atomic E-state index is -0.315. The highest BCUT2D eigenvalue weighted by atomic mass is 19.1. The number of ether oxygens (including phenoxy) is 1. The summed E-state index contributed by atoms with van der Waals surface area (Å²) in [4.78, 5) is 4.25. The smallest absolute Gasteiger partial charge is 0.237 e. The number of rotatable bonds is 2. The Hall–Kier alpha value is -3.65. The normalized spacial score (nSPS) is 10.7. The van der Waals surface area contributed by atoms with Gasteiger partial charge in [0, 0.05) is 6.07 Å². The van der Waals surface area contributed by atoms with E-state index < -0.39 is 0 Å². The van der Waals surface area contributed by atoms with E-state index in [4.69, 9.17) is 11.2 Å². The van der Waals surface area contributed by atoms with Gasteiger partial charge in [-0.3, -0.25) is 0 Å². The summed E-state index contributed by atoms with van der Waals surface area (Å²) in [6.07, 6.45) is 6.97. The van der Waals surface area contributed by atoms with Gasteiger partial charge < -0.3 is 4.74 Å². The maximum atomic E-state index is 12.8. The third-order valence-corrected chi connectivity index (χ3v) is 3.88. The first-order valence-electron chi connectivity index (χ1n) is 8.00. The number of aryl methyl sites for hydroxylation is 1. The van der Waals surface area contributed by atoms with E-state index in [0.717, 1.165) is 5.56 Å².